The summed E-state index contributed by atoms with van der Waals surface area (Å²) in [5.74, 6) is -1.43. The topological polar surface area (TPSA) is 102 Å². The van der Waals surface area contributed by atoms with Crippen LogP contribution in [0.4, 0.5) is 5.69 Å². The highest BCUT2D eigenvalue weighted by molar-refractivity contribution is 7.89. The lowest BCUT2D eigenvalue weighted by atomic mass is 10.2. The molecule has 144 valence electrons. The Morgan fingerprint density at radius 1 is 1.11 bits per heavy atom. The van der Waals surface area contributed by atoms with E-state index in [4.69, 9.17) is 16.3 Å². The van der Waals surface area contributed by atoms with E-state index in [0.29, 0.717) is 16.3 Å². The summed E-state index contributed by atoms with van der Waals surface area (Å²) < 4.78 is 31.2. The Hall–Kier alpha value is -2.42. The van der Waals surface area contributed by atoms with Gasteiger partial charge in [0, 0.05) is 10.7 Å². The van der Waals surface area contributed by atoms with Gasteiger partial charge in [0.2, 0.25) is 10.0 Å². The molecular formula is C18H19ClN2O5S. The highest BCUT2D eigenvalue weighted by Crippen LogP contribution is 2.23. The third kappa shape index (κ3) is 5.78. The van der Waals surface area contributed by atoms with E-state index in [-0.39, 0.29) is 4.90 Å². The Morgan fingerprint density at radius 3 is 2.44 bits per heavy atom. The zero-order valence-corrected chi connectivity index (χ0v) is 16.3. The second-order valence-corrected chi connectivity index (χ2v) is 7.85. The Kier molecular flexibility index (Phi) is 6.95. The molecule has 7 nitrogen and oxygen atoms in total. The molecule has 2 rings (SSSR count). The van der Waals surface area contributed by atoms with Crippen molar-refractivity contribution in [2.45, 2.75) is 24.8 Å². The monoisotopic (exact) mass is 410 g/mol. The van der Waals surface area contributed by atoms with Crippen molar-refractivity contribution in [1.29, 1.82) is 0 Å². The summed E-state index contributed by atoms with van der Waals surface area (Å²) >= 11 is 5.99. The lowest BCUT2D eigenvalue weighted by Gasteiger charge is -2.15. The van der Waals surface area contributed by atoms with Gasteiger partial charge in [0.25, 0.3) is 5.91 Å². The predicted molar refractivity (Wildman–Crippen MR) is 102 cm³/mol. The maximum atomic E-state index is 12.2. The Bertz CT molecular complexity index is 932. The SMILES string of the molecule is Cc1c(Cl)cccc1NC(=O)[C@@H](C)OC(=O)CNS(=O)(=O)c1ccccc1. The third-order valence-electron chi connectivity index (χ3n) is 3.66. The number of carbonyl (C=O) groups is 2. The first kappa shape index (κ1) is 20.9. The first-order valence-corrected chi connectivity index (χ1v) is 9.87. The van der Waals surface area contributed by atoms with Gasteiger partial charge in [-0.15, -0.1) is 0 Å². The Balaban J connectivity index is 1.89. The highest BCUT2D eigenvalue weighted by atomic mass is 35.5. The van der Waals surface area contributed by atoms with Crippen molar-refractivity contribution in [3.63, 3.8) is 0 Å². The number of hydrogen-bond acceptors (Lipinski definition) is 5. The van der Waals surface area contributed by atoms with Crippen LogP contribution in [0.2, 0.25) is 5.02 Å². The molecule has 0 aliphatic carbocycles. The fourth-order valence-electron chi connectivity index (χ4n) is 2.11. The highest BCUT2D eigenvalue weighted by Gasteiger charge is 2.21. The van der Waals surface area contributed by atoms with Gasteiger partial charge in [-0.05, 0) is 43.7 Å². The normalized spacial score (nSPS) is 12.3. The maximum Gasteiger partial charge on any atom is 0.321 e. The minimum atomic E-state index is -3.84. The molecule has 1 amide bonds. The molecule has 0 aromatic heterocycles. The predicted octanol–water partition coefficient (Wildman–Crippen LogP) is 2.50. The summed E-state index contributed by atoms with van der Waals surface area (Å²) in [6.45, 7) is 2.54. The Labute approximate surface area is 162 Å². The fourth-order valence-corrected chi connectivity index (χ4v) is 3.27. The minimum absolute atomic E-state index is 0.0278. The lowest BCUT2D eigenvalue weighted by molar-refractivity contribution is -0.151. The summed E-state index contributed by atoms with van der Waals surface area (Å²) in [6.07, 6.45) is -1.11. The van der Waals surface area contributed by atoms with E-state index in [1.807, 2.05) is 0 Å². The molecule has 0 spiro atoms. The van der Waals surface area contributed by atoms with E-state index in [1.165, 1.54) is 19.1 Å². The van der Waals surface area contributed by atoms with Crippen molar-refractivity contribution >= 4 is 39.2 Å². The fraction of sp³-hybridized carbons (Fsp3) is 0.222. The van der Waals surface area contributed by atoms with Crippen LogP contribution in [0.3, 0.4) is 0 Å². The van der Waals surface area contributed by atoms with Gasteiger partial charge in [-0.2, -0.15) is 4.72 Å². The van der Waals surface area contributed by atoms with Gasteiger partial charge in [0.05, 0.1) is 4.90 Å². The second-order valence-electron chi connectivity index (χ2n) is 5.67. The number of hydrogen-bond donors (Lipinski definition) is 2. The summed E-state index contributed by atoms with van der Waals surface area (Å²) in [7, 11) is -3.84. The van der Waals surface area contributed by atoms with Crippen LogP contribution in [0.25, 0.3) is 0 Å². The summed E-state index contributed by atoms with van der Waals surface area (Å²) in [5.41, 5.74) is 1.18. The van der Waals surface area contributed by atoms with Gasteiger partial charge in [0.15, 0.2) is 6.10 Å². The van der Waals surface area contributed by atoms with Crippen LogP contribution < -0.4 is 10.0 Å². The Morgan fingerprint density at radius 2 is 1.78 bits per heavy atom. The van der Waals surface area contributed by atoms with E-state index in [1.54, 1.807) is 43.3 Å². The molecule has 2 aromatic carbocycles. The molecule has 9 heteroatoms. The number of halogens is 1. The zero-order chi connectivity index (χ0) is 20.0. The van der Waals surface area contributed by atoms with Crippen molar-refractivity contribution in [2.24, 2.45) is 0 Å². The molecule has 0 aliphatic rings. The average Bonchev–Trinajstić information content (AvgIpc) is 2.64. The van der Waals surface area contributed by atoms with Crippen molar-refractivity contribution in [3.8, 4) is 0 Å². The minimum Gasteiger partial charge on any atom is -0.452 e. The number of amides is 1. The maximum absolute atomic E-state index is 12.2. The van der Waals surface area contributed by atoms with Crippen LogP contribution in [0.15, 0.2) is 53.4 Å². The number of sulfonamides is 1. The smallest absolute Gasteiger partial charge is 0.321 e. The molecule has 0 aliphatic heterocycles. The largest absolute Gasteiger partial charge is 0.452 e. The van der Waals surface area contributed by atoms with Crippen molar-refractivity contribution in [3.05, 3.63) is 59.1 Å². The number of anilines is 1. The molecule has 27 heavy (non-hydrogen) atoms. The number of ether oxygens (including phenoxy) is 1. The summed E-state index contributed by atoms with van der Waals surface area (Å²) in [6, 6.07) is 12.6. The molecule has 0 saturated carbocycles. The standard InChI is InChI=1S/C18H19ClN2O5S/c1-12-15(19)9-6-10-16(12)21-18(23)13(2)26-17(22)11-20-27(24,25)14-7-4-3-5-8-14/h3-10,13,20H,11H2,1-2H3,(H,21,23)/t13-/m1/s1. The third-order valence-corrected chi connectivity index (χ3v) is 5.49. The first-order chi connectivity index (χ1) is 12.7. The molecule has 0 radical (unpaired) electrons. The van der Waals surface area contributed by atoms with Crippen LogP contribution in [0.5, 0.6) is 0 Å². The molecule has 0 fully saturated rings. The molecule has 0 unspecified atom stereocenters. The van der Waals surface area contributed by atoms with Crippen molar-refractivity contribution in [1.82, 2.24) is 4.72 Å². The number of rotatable bonds is 7. The molecule has 2 N–H and O–H groups in total. The van der Waals surface area contributed by atoms with E-state index < -0.39 is 34.5 Å². The number of esters is 1. The molecule has 2 aromatic rings. The number of carbonyl (C=O) groups excluding carboxylic acids is 2. The van der Waals surface area contributed by atoms with Crippen molar-refractivity contribution < 1.29 is 22.7 Å². The molecular weight excluding hydrogens is 392 g/mol. The molecule has 0 bridgehead atoms. The van der Waals surface area contributed by atoms with E-state index in [2.05, 4.69) is 10.0 Å². The van der Waals surface area contributed by atoms with Gasteiger partial charge in [-0.1, -0.05) is 35.9 Å². The van der Waals surface area contributed by atoms with Crippen molar-refractivity contribution in [2.75, 3.05) is 11.9 Å². The van der Waals surface area contributed by atoms with E-state index >= 15 is 0 Å². The quantitative estimate of drug-likeness (QED) is 0.683. The van der Waals surface area contributed by atoms with Gasteiger partial charge in [0.1, 0.15) is 6.54 Å². The van der Waals surface area contributed by atoms with E-state index in [9.17, 15) is 18.0 Å². The number of benzene rings is 2. The first-order valence-electron chi connectivity index (χ1n) is 8.01. The molecule has 1 atom stereocenters. The van der Waals surface area contributed by atoms with Gasteiger partial charge < -0.3 is 10.1 Å². The van der Waals surface area contributed by atoms with E-state index in [0.717, 1.165) is 0 Å². The summed E-state index contributed by atoms with van der Waals surface area (Å²) in [4.78, 5) is 24.1. The van der Waals surface area contributed by atoms with Crippen LogP contribution in [-0.4, -0.2) is 32.9 Å². The molecule has 0 heterocycles. The second kappa shape index (κ2) is 8.98. The van der Waals surface area contributed by atoms with Gasteiger partial charge in [-0.25, -0.2) is 8.42 Å². The zero-order valence-electron chi connectivity index (χ0n) is 14.7. The lowest BCUT2D eigenvalue weighted by Crippen LogP contribution is -2.35. The molecule has 0 saturated heterocycles. The van der Waals surface area contributed by atoms with Crippen LogP contribution >= 0.6 is 11.6 Å². The van der Waals surface area contributed by atoms with Gasteiger partial charge in [-0.3, -0.25) is 9.59 Å². The van der Waals surface area contributed by atoms with Crippen LogP contribution in [0, 0.1) is 6.92 Å². The van der Waals surface area contributed by atoms with Crippen LogP contribution in [-0.2, 0) is 24.3 Å². The average molecular weight is 411 g/mol. The summed E-state index contributed by atoms with van der Waals surface area (Å²) in [5, 5.41) is 3.11. The van der Waals surface area contributed by atoms with Gasteiger partial charge >= 0.3 is 5.97 Å². The van der Waals surface area contributed by atoms with Crippen LogP contribution in [0.1, 0.15) is 12.5 Å². The number of nitrogens with one attached hydrogen (secondary N) is 2.